The molecule has 5 nitrogen and oxygen atoms in total. The molecule has 0 bridgehead atoms. The molecule has 0 atom stereocenters. The van der Waals surface area contributed by atoms with Gasteiger partial charge in [-0.15, -0.1) is 11.6 Å². The first-order valence-electron chi connectivity index (χ1n) is 8.21. The highest BCUT2D eigenvalue weighted by Crippen LogP contribution is 2.34. The molecule has 0 amide bonds. The fourth-order valence-electron chi connectivity index (χ4n) is 2.31. The van der Waals surface area contributed by atoms with Gasteiger partial charge in [0.25, 0.3) is 0 Å². The lowest BCUT2D eigenvalue weighted by Gasteiger charge is -2.18. The third-order valence-electron chi connectivity index (χ3n) is 3.41. The van der Waals surface area contributed by atoms with Gasteiger partial charge in [0.1, 0.15) is 11.5 Å². The summed E-state index contributed by atoms with van der Waals surface area (Å²) in [6.45, 7) is 4.27. The monoisotopic (exact) mass is 356 g/mol. The molecule has 0 aliphatic rings. The number of hydrogen-bond donors (Lipinski definition) is 1. The van der Waals surface area contributed by atoms with E-state index >= 15 is 0 Å². The molecule has 1 N–H and O–H groups in total. The third-order valence-corrected chi connectivity index (χ3v) is 3.68. The molecule has 1 aromatic carbocycles. The number of alkyl halides is 1. The number of hydrogen-bond acceptors (Lipinski definition) is 4. The number of carboxylic acid groups (broad SMARTS) is 1. The number of aliphatic carboxylic acids is 1. The van der Waals surface area contributed by atoms with Crippen LogP contribution < -0.4 is 9.47 Å². The molecule has 0 spiro atoms. The standard InChI is InChI=1S/C18H25ClO5/c1-3-6-15-16(23-12-5-10-19)9-8-14(13(2)20)18(15)24-11-4-7-17(21)22/h8-9H,3-7,10-12H2,1-2H3,(H,21,22). The maximum absolute atomic E-state index is 11.9. The Balaban J connectivity index is 3.04. The van der Waals surface area contributed by atoms with Crippen LogP contribution >= 0.6 is 11.6 Å². The van der Waals surface area contributed by atoms with Gasteiger partial charge in [0.05, 0.1) is 18.8 Å². The van der Waals surface area contributed by atoms with Crippen LogP contribution in [0.5, 0.6) is 11.5 Å². The summed E-state index contributed by atoms with van der Waals surface area (Å²) < 4.78 is 11.6. The number of ether oxygens (including phenoxy) is 2. The molecule has 0 heterocycles. The van der Waals surface area contributed by atoms with E-state index in [1.54, 1.807) is 12.1 Å². The Hall–Kier alpha value is -1.75. The van der Waals surface area contributed by atoms with Crippen LogP contribution in [0.15, 0.2) is 12.1 Å². The molecule has 0 aliphatic heterocycles. The van der Waals surface area contributed by atoms with Gasteiger partial charge in [0, 0.05) is 17.9 Å². The largest absolute Gasteiger partial charge is 0.493 e. The van der Waals surface area contributed by atoms with Crippen LogP contribution in [0, 0.1) is 0 Å². The van der Waals surface area contributed by atoms with Gasteiger partial charge in [-0.2, -0.15) is 0 Å². The molecular weight excluding hydrogens is 332 g/mol. The van der Waals surface area contributed by atoms with E-state index < -0.39 is 5.97 Å². The maximum Gasteiger partial charge on any atom is 0.303 e. The lowest BCUT2D eigenvalue weighted by Crippen LogP contribution is -2.10. The van der Waals surface area contributed by atoms with Crippen molar-refractivity contribution < 1.29 is 24.2 Å². The highest BCUT2D eigenvalue weighted by Gasteiger charge is 2.18. The second-order valence-corrected chi connectivity index (χ2v) is 5.84. The number of rotatable bonds is 12. The minimum absolute atomic E-state index is 0.0322. The summed E-state index contributed by atoms with van der Waals surface area (Å²) in [5, 5.41) is 8.72. The zero-order chi connectivity index (χ0) is 17.9. The van der Waals surface area contributed by atoms with Gasteiger partial charge in [0.2, 0.25) is 0 Å². The van der Waals surface area contributed by atoms with Crippen LogP contribution in [0.25, 0.3) is 0 Å². The lowest BCUT2D eigenvalue weighted by molar-refractivity contribution is -0.137. The minimum Gasteiger partial charge on any atom is -0.493 e. The Morgan fingerprint density at radius 3 is 2.46 bits per heavy atom. The Morgan fingerprint density at radius 1 is 1.17 bits per heavy atom. The Kier molecular flexibility index (Phi) is 9.23. The Labute approximate surface area is 147 Å². The van der Waals surface area contributed by atoms with Gasteiger partial charge >= 0.3 is 5.97 Å². The molecule has 0 saturated carbocycles. The van der Waals surface area contributed by atoms with E-state index in [2.05, 4.69) is 0 Å². The summed E-state index contributed by atoms with van der Waals surface area (Å²) >= 11 is 5.68. The van der Waals surface area contributed by atoms with E-state index in [1.165, 1.54) is 6.92 Å². The van der Waals surface area contributed by atoms with Crippen molar-refractivity contribution in [3.8, 4) is 11.5 Å². The van der Waals surface area contributed by atoms with Crippen LogP contribution in [0.2, 0.25) is 0 Å². The molecule has 0 aliphatic carbocycles. The van der Waals surface area contributed by atoms with Crippen molar-refractivity contribution in [1.29, 1.82) is 0 Å². The molecule has 1 aromatic rings. The molecule has 24 heavy (non-hydrogen) atoms. The highest BCUT2D eigenvalue weighted by atomic mass is 35.5. The number of ketones is 1. The van der Waals surface area contributed by atoms with Crippen molar-refractivity contribution in [3.05, 3.63) is 23.3 Å². The van der Waals surface area contributed by atoms with E-state index in [4.69, 9.17) is 26.2 Å². The summed E-state index contributed by atoms with van der Waals surface area (Å²) in [4.78, 5) is 22.5. The number of Topliss-reactive ketones (excluding diaryl/α,β-unsaturated/α-hetero) is 1. The van der Waals surface area contributed by atoms with Crippen molar-refractivity contribution >= 4 is 23.4 Å². The average molecular weight is 357 g/mol. The van der Waals surface area contributed by atoms with Crippen LogP contribution in [0.1, 0.15) is 55.5 Å². The summed E-state index contributed by atoms with van der Waals surface area (Å²) in [7, 11) is 0. The number of carbonyl (C=O) groups is 2. The number of halogens is 1. The molecule has 0 saturated heterocycles. The van der Waals surface area contributed by atoms with Crippen LogP contribution in [-0.2, 0) is 11.2 Å². The lowest BCUT2D eigenvalue weighted by atomic mass is 10.0. The third kappa shape index (κ3) is 6.40. The van der Waals surface area contributed by atoms with Crippen molar-refractivity contribution in [1.82, 2.24) is 0 Å². The molecule has 1 rings (SSSR count). The predicted molar refractivity (Wildman–Crippen MR) is 93.6 cm³/mol. The Bertz CT molecular complexity index is 557. The second-order valence-electron chi connectivity index (χ2n) is 5.46. The quantitative estimate of drug-likeness (QED) is 0.347. The molecule has 0 fully saturated rings. The molecule has 6 heteroatoms. The fourth-order valence-corrected chi connectivity index (χ4v) is 2.42. The normalized spacial score (nSPS) is 10.5. The van der Waals surface area contributed by atoms with Gasteiger partial charge in [-0.25, -0.2) is 0 Å². The van der Waals surface area contributed by atoms with Crippen molar-refractivity contribution in [2.75, 3.05) is 19.1 Å². The molecular formula is C18H25ClO5. The van der Waals surface area contributed by atoms with Gasteiger partial charge in [-0.1, -0.05) is 13.3 Å². The predicted octanol–water partition coefficient (Wildman–Crippen LogP) is 4.09. The average Bonchev–Trinajstić information content (AvgIpc) is 2.53. The number of benzene rings is 1. The fraction of sp³-hybridized carbons (Fsp3) is 0.556. The van der Waals surface area contributed by atoms with Crippen molar-refractivity contribution in [2.24, 2.45) is 0 Å². The maximum atomic E-state index is 11.9. The molecule has 0 aromatic heterocycles. The van der Waals surface area contributed by atoms with E-state index in [9.17, 15) is 9.59 Å². The summed E-state index contributed by atoms with van der Waals surface area (Å²) in [6.07, 6.45) is 2.74. The number of carbonyl (C=O) groups excluding carboxylic acids is 1. The zero-order valence-corrected chi connectivity index (χ0v) is 15.0. The zero-order valence-electron chi connectivity index (χ0n) is 14.3. The highest BCUT2D eigenvalue weighted by molar-refractivity contribution is 6.17. The molecule has 134 valence electrons. The smallest absolute Gasteiger partial charge is 0.303 e. The van der Waals surface area contributed by atoms with Crippen LogP contribution in [-0.4, -0.2) is 36.0 Å². The minimum atomic E-state index is -0.864. The molecule has 0 unspecified atom stereocenters. The van der Waals surface area contributed by atoms with E-state index in [1.807, 2.05) is 6.92 Å². The van der Waals surface area contributed by atoms with Crippen LogP contribution in [0.4, 0.5) is 0 Å². The summed E-state index contributed by atoms with van der Waals surface area (Å²) in [6, 6.07) is 3.49. The summed E-state index contributed by atoms with van der Waals surface area (Å²) in [5.41, 5.74) is 1.36. The van der Waals surface area contributed by atoms with Crippen LogP contribution in [0.3, 0.4) is 0 Å². The van der Waals surface area contributed by atoms with Crippen molar-refractivity contribution in [2.45, 2.75) is 46.0 Å². The van der Waals surface area contributed by atoms with Gasteiger partial charge in [0.15, 0.2) is 5.78 Å². The van der Waals surface area contributed by atoms with E-state index in [-0.39, 0.29) is 18.8 Å². The first-order chi connectivity index (χ1) is 11.5. The second kappa shape index (κ2) is 10.9. The van der Waals surface area contributed by atoms with Gasteiger partial charge < -0.3 is 14.6 Å². The topological polar surface area (TPSA) is 72.8 Å². The van der Waals surface area contributed by atoms with Gasteiger partial charge in [-0.3, -0.25) is 9.59 Å². The van der Waals surface area contributed by atoms with Crippen molar-refractivity contribution in [3.63, 3.8) is 0 Å². The first-order valence-corrected chi connectivity index (χ1v) is 8.74. The van der Waals surface area contributed by atoms with Gasteiger partial charge in [-0.05, 0) is 38.3 Å². The Morgan fingerprint density at radius 2 is 1.88 bits per heavy atom. The first kappa shape index (κ1) is 20.3. The van der Waals surface area contributed by atoms with E-state index in [0.29, 0.717) is 42.4 Å². The van der Waals surface area contributed by atoms with E-state index in [0.717, 1.165) is 18.4 Å². The number of carboxylic acids is 1. The SMILES string of the molecule is CCCc1c(OCCCCl)ccc(C(C)=O)c1OCCCC(=O)O. The molecule has 0 radical (unpaired) electrons. The summed E-state index contributed by atoms with van der Waals surface area (Å²) in [5.74, 6) is 0.774.